The van der Waals surface area contributed by atoms with Crippen molar-refractivity contribution in [2.24, 2.45) is 0 Å². The maximum absolute atomic E-state index is 4.59. The second kappa shape index (κ2) is 7.52. The first kappa shape index (κ1) is 15.2. The number of nitrogens with one attached hydrogen (secondary N) is 1. The van der Waals surface area contributed by atoms with Crippen molar-refractivity contribution < 1.29 is 0 Å². The van der Waals surface area contributed by atoms with E-state index in [1.165, 1.54) is 0 Å². The van der Waals surface area contributed by atoms with Gasteiger partial charge in [0.1, 0.15) is 5.82 Å². The Balaban J connectivity index is 2.30. The van der Waals surface area contributed by atoms with Gasteiger partial charge in [0.05, 0.1) is 0 Å². The van der Waals surface area contributed by atoms with Gasteiger partial charge in [0.15, 0.2) is 0 Å². The van der Waals surface area contributed by atoms with Crippen molar-refractivity contribution >= 4 is 11.9 Å². The molecule has 2 heterocycles. The predicted molar refractivity (Wildman–Crippen MR) is 84.6 cm³/mol. The number of nitrogens with zero attached hydrogens (tertiary/aromatic N) is 5. The summed E-state index contributed by atoms with van der Waals surface area (Å²) in [5, 5.41) is 3.17. The van der Waals surface area contributed by atoms with Crippen LogP contribution in [0.4, 0.5) is 11.9 Å². The smallest absolute Gasteiger partial charge is 0.230 e. The SMILES string of the molecule is CCNc1nc(Cc2cccnc2)nc(N(CC)CC)n1. The summed E-state index contributed by atoms with van der Waals surface area (Å²) in [6.45, 7) is 8.76. The monoisotopic (exact) mass is 286 g/mol. The highest BCUT2D eigenvalue weighted by molar-refractivity contribution is 5.37. The molecule has 1 N–H and O–H groups in total. The van der Waals surface area contributed by atoms with Gasteiger partial charge in [-0.1, -0.05) is 6.07 Å². The van der Waals surface area contributed by atoms with Crippen molar-refractivity contribution in [2.45, 2.75) is 27.2 Å². The number of hydrogen-bond acceptors (Lipinski definition) is 6. The Morgan fingerprint density at radius 3 is 2.52 bits per heavy atom. The molecule has 2 aromatic rings. The van der Waals surface area contributed by atoms with Crippen LogP contribution >= 0.6 is 0 Å². The Bertz CT molecular complexity index is 553. The first-order valence-electron chi connectivity index (χ1n) is 7.39. The lowest BCUT2D eigenvalue weighted by Gasteiger charge is -2.19. The van der Waals surface area contributed by atoms with Gasteiger partial charge in [-0.2, -0.15) is 15.0 Å². The average molecular weight is 286 g/mol. The maximum atomic E-state index is 4.59. The fraction of sp³-hybridized carbons (Fsp3) is 0.467. The third-order valence-electron chi connectivity index (χ3n) is 3.14. The standard InChI is InChI=1S/C15H22N6/c1-4-17-14-18-13(10-12-8-7-9-16-11-12)19-15(20-14)21(5-2)6-3/h7-9,11H,4-6,10H2,1-3H3,(H,17,18,19,20). The van der Waals surface area contributed by atoms with Gasteiger partial charge in [-0.3, -0.25) is 4.98 Å². The Morgan fingerprint density at radius 1 is 1.10 bits per heavy atom. The highest BCUT2D eigenvalue weighted by Gasteiger charge is 2.11. The van der Waals surface area contributed by atoms with Crippen LogP contribution in [0.5, 0.6) is 0 Å². The van der Waals surface area contributed by atoms with E-state index in [9.17, 15) is 0 Å². The van der Waals surface area contributed by atoms with Gasteiger partial charge in [0.25, 0.3) is 0 Å². The van der Waals surface area contributed by atoms with E-state index in [0.29, 0.717) is 12.4 Å². The number of hydrogen-bond donors (Lipinski definition) is 1. The quantitative estimate of drug-likeness (QED) is 0.841. The molecule has 0 aliphatic heterocycles. The van der Waals surface area contributed by atoms with Crippen LogP contribution in [-0.4, -0.2) is 39.6 Å². The molecule has 6 nitrogen and oxygen atoms in total. The van der Waals surface area contributed by atoms with Gasteiger partial charge >= 0.3 is 0 Å². The lowest BCUT2D eigenvalue weighted by atomic mass is 10.2. The first-order valence-corrected chi connectivity index (χ1v) is 7.39. The van der Waals surface area contributed by atoms with E-state index in [4.69, 9.17) is 0 Å². The molecule has 0 aliphatic rings. The molecule has 0 radical (unpaired) electrons. The second-order valence-corrected chi connectivity index (χ2v) is 4.62. The van der Waals surface area contributed by atoms with Crippen LogP contribution in [0.1, 0.15) is 32.2 Å². The molecule has 0 fully saturated rings. The number of aromatic nitrogens is 4. The Labute approximate surface area is 125 Å². The summed E-state index contributed by atoms with van der Waals surface area (Å²) in [7, 11) is 0. The molecule has 0 amide bonds. The van der Waals surface area contributed by atoms with E-state index in [-0.39, 0.29) is 0 Å². The van der Waals surface area contributed by atoms with Crippen LogP contribution in [0.15, 0.2) is 24.5 Å². The van der Waals surface area contributed by atoms with Crippen molar-refractivity contribution in [3.63, 3.8) is 0 Å². The summed E-state index contributed by atoms with van der Waals surface area (Å²) >= 11 is 0. The number of rotatable bonds is 7. The van der Waals surface area contributed by atoms with E-state index < -0.39 is 0 Å². The third kappa shape index (κ3) is 4.11. The zero-order chi connectivity index (χ0) is 15.1. The van der Waals surface area contributed by atoms with E-state index in [0.717, 1.165) is 37.0 Å². The highest BCUT2D eigenvalue weighted by atomic mass is 15.3. The molecule has 21 heavy (non-hydrogen) atoms. The fourth-order valence-corrected chi connectivity index (χ4v) is 2.06. The Morgan fingerprint density at radius 2 is 1.90 bits per heavy atom. The summed E-state index contributed by atoms with van der Waals surface area (Å²) in [5.41, 5.74) is 1.09. The van der Waals surface area contributed by atoms with Crippen molar-refractivity contribution in [3.8, 4) is 0 Å². The molecule has 0 bridgehead atoms. The van der Waals surface area contributed by atoms with E-state index in [1.807, 2.05) is 25.3 Å². The average Bonchev–Trinajstić information content (AvgIpc) is 2.50. The van der Waals surface area contributed by atoms with Crippen LogP contribution in [0.3, 0.4) is 0 Å². The first-order chi connectivity index (χ1) is 10.3. The second-order valence-electron chi connectivity index (χ2n) is 4.62. The molecule has 2 rings (SSSR count). The summed E-state index contributed by atoms with van der Waals surface area (Å²) in [5.74, 6) is 2.12. The topological polar surface area (TPSA) is 66.8 Å². The summed E-state index contributed by atoms with van der Waals surface area (Å²) in [6, 6.07) is 3.95. The van der Waals surface area contributed by atoms with Crippen molar-refractivity contribution in [2.75, 3.05) is 29.9 Å². The van der Waals surface area contributed by atoms with Crippen molar-refractivity contribution in [1.82, 2.24) is 19.9 Å². The van der Waals surface area contributed by atoms with Crippen LogP contribution < -0.4 is 10.2 Å². The molecule has 0 spiro atoms. The van der Waals surface area contributed by atoms with Gasteiger partial charge in [0, 0.05) is 38.4 Å². The minimum absolute atomic E-state index is 0.633. The summed E-state index contributed by atoms with van der Waals surface area (Å²) in [4.78, 5) is 19.8. The van der Waals surface area contributed by atoms with Crippen molar-refractivity contribution in [1.29, 1.82) is 0 Å². The highest BCUT2D eigenvalue weighted by Crippen LogP contribution is 2.13. The maximum Gasteiger partial charge on any atom is 0.230 e. The predicted octanol–water partition coefficient (Wildman–Crippen LogP) is 2.14. The van der Waals surface area contributed by atoms with Gasteiger partial charge in [-0.25, -0.2) is 0 Å². The zero-order valence-electron chi connectivity index (χ0n) is 12.9. The Hall–Kier alpha value is -2.24. The minimum atomic E-state index is 0.633. The third-order valence-corrected chi connectivity index (χ3v) is 3.14. The molecule has 0 saturated carbocycles. The van der Waals surface area contributed by atoms with Crippen LogP contribution in [-0.2, 0) is 6.42 Å². The number of anilines is 2. The molecule has 0 saturated heterocycles. The molecule has 0 aliphatic carbocycles. The lowest BCUT2D eigenvalue weighted by molar-refractivity contribution is 0.793. The van der Waals surface area contributed by atoms with Gasteiger partial charge < -0.3 is 10.2 Å². The van der Waals surface area contributed by atoms with Crippen LogP contribution in [0.25, 0.3) is 0 Å². The van der Waals surface area contributed by atoms with Gasteiger partial charge in [-0.05, 0) is 32.4 Å². The van der Waals surface area contributed by atoms with Crippen molar-refractivity contribution in [3.05, 3.63) is 35.9 Å². The van der Waals surface area contributed by atoms with Gasteiger partial charge in [0.2, 0.25) is 11.9 Å². The summed E-state index contributed by atoms with van der Waals surface area (Å²) in [6.07, 6.45) is 4.26. The number of pyridine rings is 1. The molecule has 2 aromatic heterocycles. The zero-order valence-corrected chi connectivity index (χ0v) is 12.9. The van der Waals surface area contributed by atoms with E-state index in [2.05, 4.69) is 44.0 Å². The van der Waals surface area contributed by atoms with Crippen LogP contribution in [0, 0.1) is 0 Å². The Kier molecular flexibility index (Phi) is 5.43. The molecular weight excluding hydrogens is 264 g/mol. The molecular formula is C15H22N6. The lowest BCUT2D eigenvalue weighted by Crippen LogP contribution is -2.25. The van der Waals surface area contributed by atoms with Gasteiger partial charge in [-0.15, -0.1) is 0 Å². The molecule has 0 unspecified atom stereocenters. The molecule has 112 valence electrons. The normalized spacial score (nSPS) is 10.4. The molecule has 0 aromatic carbocycles. The minimum Gasteiger partial charge on any atom is -0.354 e. The van der Waals surface area contributed by atoms with E-state index >= 15 is 0 Å². The largest absolute Gasteiger partial charge is 0.354 e. The molecule has 6 heteroatoms. The van der Waals surface area contributed by atoms with Crippen LogP contribution in [0.2, 0.25) is 0 Å². The van der Waals surface area contributed by atoms with E-state index in [1.54, 1.807) is 6.20 Å². The fourth-order valence-electron chi connectivity index (χ4n) is 2.06. The molecule has 0 atom stereocenters. The summed E-state index contributed by atoms with van der Waals surface area (Å²) < 4.78 is 0.